The summed E-state index contributed by atoms with van der Waals surface area (Å²) in [4.78, 5) is 5.64. The SMILES string of the molecule is CCCNCc1nc(-c2ccc(SCC)cc2)no1. The van der Waals surface area contributed by atoms with Crippen molar-refractivity contribution < 1.29 is 4.52 Å². The fourth-order valence-electron chi connectivity index (χ4n) is 1.68. The Labute approximate surface area is 118 Å². The number of aromatic nitrogens is 2. The molecule has 19 heavy (non-hydrogen) atoms. The normalized spacial score (nSPS) is 10.8. The van der Waals surface area contributed by atoms with E-state index in [1.165, 1.54) is 4.90 Å². The van der Waals surface area contributed by atoms with Gasteiger partial charge in [-0.1, -0.05) is 19.0 Å². The third-order valence-electron chi connectivity index (χ3n) is 2.59. The van der Waals surface area contributed by atoms with Crippen LogP contribution in [0.4, 0.5) is 0 Å². The van der Waals surface area contributed by atoms with Crippen LogP contribution >= 0.6 is 11.8 Å². The summed E-state index contributed by atoms with van der Waals surface area (Å²) >= 11 is 1.82. The number of rotatable bonds is 7. The average Bonchev–Trinajstić information content (AvgIpc) is 2.89. The molecule has 5 heteroatoms. The molecule has 0 spiro atoms. The highest BCUT2D eigenvalue weighted by molar-refractivity contribution is 7.99. The zero-order valence-corrected chi connectivity index (χ0v) is 12.2. The first-order valence-corrected chi connectivity index (χ1v) is 7.58. The van der Waals surface area contributed by atoms with Crippen molar-refractivity contribution >= 4 is 11.8 Å². The monoisotopic (exact) mass is 277 g/mol. The summed E-state index contributed by atoms with van der Waals surface area (Å²) in [5.41, 5.74) is 0.992. The van der Waals surface area contributed by atoms with Crippen molar-refractivity contribution in [2.24, 2.45) is 0 Å². The van der Waals surface area contributed by atoms with Crippen LogP contribution in [0.3, 0.4) is 0 Å². The zero-order valence-electron chi connectivity index (χ0n) is 11.3. The number of benzene rings is 1. The molecule has 0 saturated heterocycles. The number of thioether (sulfide) groups is 1. The van der Waals surface area contributed by atoms with Crippen LogP contribution in [0.2, 0.25) is 0 Å². The van der Waals surface area contributed by atoms with Gasteiger partial charge in [-0.25, -0.2) is 0 Å². The number of nitrogens with one attached hydrogen (secondary N) is 1. The van der Waals surface area contributed by atoms with Crippen LogP contribution in [0.5, 0.6) is 0 Å². The van der Waals surface area contributed by atoms with Crippen molar-refractivity contribution in [3.63, 3.8) is 0 Å². The van der Waals surface area contributed by atoms with Crippen molar-refractivity contribution in [3.8, 4) is 11.4 Å². The third kappa shape index (κ3) is 4.08. The molecular weight excluding hydrogens is 258 g/mol. The second kappa shape index (κ2) is 7.31. The summed E-state index contributed by atoms with van der Waals surface area (Å²) in [6.07, 6.45) is 1.09. The van der Waals surface area contributed by atoms with E-state index in [1.54, 1.807) is 0 Å². The molecule has 2 rings (SSSR count). The van der Waals surface area contributed by atoms with Gasteiger partial charge in [0.1, 0.15) is 0 Å². The molecule has 4 nitrogen and oxygen atoms in total. The Morgan fingerprint density at radius 3 is 2.68 bits per heavy atom. The maximum absolute atomic E-state index is 5.21. The van der Waals surface area contributed by atoms with Crippen molar-refractivity contribution in [2.75, 3.05) is 12.3 Å². The molecule has 0 aliphatic rings. The largest absolute Gasteiger partial charge is 0.338 e. The summed E-state index contributed by atoms with van der Waals surface area (Å²) in [6.45, 7) is 5.86. The van der Waals surface area contributed by atoms with Crippen molar-refractivity contribution in [1.29, 1.82) is 0 Å². The minimum Gasteiger partial charge on any atom is -0.338 e. The van der Waals surface area contributed by atoms with Crippen LogP contribution in [0.25, 0.3) is 11.4 Å². The van der Waals surface area contributed by atoms with Gasteiger partial charge in [0.05, 0.1) is 6.54 Å². The first-order valence-electron chi connectivity index (χ1n) is 6.60. The summed E-state index contributed by atoms with van der Waals surface area (Å²) in [7, 11) is 0. The quantitative estimate of drug-likeness (QED) is 0.621. The molecule has 0 aliphatic heterocycles. The Morgan fingerprint density at radius 1 is 1.21 bits per heavy atom. The predicted octanol–water partition coefficient (Wildman–Crippen LogP) is 3.35. The molecule has 0 bridgehead atoms. The maximum atomic E-state index is 5.21. The van der Waals surface area contributed by atoms with E-state index in [9.17, 15) is 0 Å². The van der Waals surface area contributed by atoms with Crippen LogP contribution < -0.4 is 5.32 Å². The first kappa shape index (κ1) is 14.1. The van der Waals surface area contributed by atoms with Crippen molar-refractivity contribution in [3.05, 3.63) is 30.2 Å². The molecule has 0 fully saturated rings. The molecule has 0 unspecified atom stereocenters. The molecule has 2 aromatic rings. The second-order valence-corrected chi connectivity index (χ2v) is 5.48. The van der Waals surface area contributed by atoms with Crippen molar-refractivity contribution in [1.82, 2.24) is 15.5 Å². The van der Waals surface area contributed by atoms with E-state index in [-0.39, 0.29) is 0 Å². The van der Waals surface area contributed by atoms with Gasteiger partial charge in [0.15, 0.2) is 0 Å². The lowest BCUT2D eigenvalue weighted by Crippen LogP contribution is -2.13. The number of hydrogen-bond donors (Lipinski definition) is 1. The maximum Gasteiger partial charge on any atom is 0.240 e. The molecule has 0 aliphatic carbocycles. The van der Waals surface area contributed by atoms with Crippen LogP contribution in [-0.4, -0.2) is 22.4 Å². The van der Waals surface area contributed by atoms with Gasteiger partial charge in [-0.3, -0.25) is 0 Å². The highest BCUT2D eigenvalue weighted by atomic mass is 32.2. The highest BCUT2D eigenvalue weighted by Gasteiger charge is 2.07. The van der Waals surface area contributed by atoms with E-state index in [0.717, 1.165) is 24.3 Å². The van der Waals surface area contributed by atoms with Gasteiger partial charge in [-0.05, 0) is 43.0 Å². The van der Waals surface area contributed by atoms with E-state index in [2.05, 4.69) is 41.4 Å². The number of nitrogens with zero attached hydrogens (tertiary/aromatic N) is 2. The van der Waals surface area contributed by atoms with E-state index in [0.29, 0.717) is 18.3 Å². The molecule has 1 aromatic heterocycles. The molecule has 1 N–H and O–H groups in total. The minimum atomic E-state index is 0.630. The van der Waals surface area contributed by atoms with E-state index in [1.807, 2.05) is 23.9 Å². The van der Waals surface area contributed by atoms with E-state index in [4.69, 9.17) is 4.52 Å². The van der Waals surface area contributed by atoms with Crippen LogP contribution in [0.1, 0.15) is 26.2 Å². The molecule has 0 saturated carbocycles. The van der Waals surface area contributed by atoms with Crippen LogP contribution in [-0.2, 0) is 6.54 Å². The summed E-state index contributed by atoms with van der Waals surface area (Å²) in [6, 6.07) is 8.25. The molecule has 0 radical (unpaired) electrons. The zero-order chi connectivity index (χ0) is 13.5. The fraction of sp³-hybridized carbons (Fsp3) is 0.429. The molecular formula is C14H19N3OS. The summed E-state index contributed by atoms with van der Waals surface area (Å²) < 4.78 is 5.21. The average molecular weight is 277 g/mol. The highest BCUT2D eigenvalue weighted by Crippen LogP contribution is 2.22. The summed E-state index contributed by atoms with van der Waals surface area (Å²) in [5, 5.41) is 7.25. The van der Waals surface area contributed by atoms with Gasteiger partial charge in [0.2, 0.25) is 11.7 Å². The Bertz CT molecular complexity index is 496. The fourth-order valence-corrected chi connectivity index (χ4v) is 2.34. The van der Waals surface area contributed by atoms with Gasteiger partial charge in [-0.15, -0.1) is 11.8 Å². The predicted molar refractivity (Wildman–Crippen MR) is 78.1 cm³/mol. The first-order chi connectivity index (χ1) is 9.33. The Kier molecular flexibility index (Phi) is 5.42. The van der Waals surface area contributed by atoms with E-state index < -0.39 is 0 Å². The summed E-state index contributed by atoms with van der Waals surface area (Å²) in [5.74, 6) is 2.37. The smallest absolute Gasteiger partial charge is 0.240 e. The van der Waals surface area contributed by atoms with Crippen LogP contribution in [0, 0.1) is 0 Å². The Hall–Kier alpha value is -1.33. The lowest BCUT2D eigenvalue weighted by Gasteiger charge is -1.99. The van der Waals surface area contributed by atoms with Gasteiger partial charge in [0.25, 0.3) is 0 Å². The molecule has 102 valence electrons. The van der Waals surface area contributed by atoms with E-state index >= 15 is 0 Å². The number of hydrogen-bond acceptors (Lipinski definition) is 5. The van der Waals surface area contributed by atoms with Gasteiger partial charge in [-0.2, -0.15) is 4.98 Å². The van der Waals surface area contributed by atoms with Crippen molar-refractivity contribution in [2.45, 2.75) is 31.7 Å². The van der Waals surface area contributed by atoms with Crippen LogP contribution in [0.15, 0.2) is 33.7 Å². The topological polar surface area (TPSA) is 51.0 Å². The Balaban J connectivity index is 2.01. The minimum absolute atomic E-state index is 0.630. The molecule has 0 amide bonds. The lowest BCUT2D eigenvalue weighted by atomic mass is 10.2. The third-order valence-corrected chi connectivity index (χ3v) is 3.49. The standard InChI is InChI=1S/C14H19N3OS/c1-3-9-15-10-13-16-14(17-18-13)11-5-7-12(8-6-11)19-4-2/h5-8,15H,3-4,9-10H2,1-2H3. The molecule has 1 aromatic carbocycles. The lowest BCUT2D eigenvalue weighted by molar-refractivity contribution is 0.368. The molecule has 1 heterocycles. The second-order valence-electron chi connectivity index (χ2n) is 4.15. The molecule has 0 atom stereocenters. The van der Waals surface area contributed by atoms with Gasteiger partial charge < -0.3 is 9.84 Å². The van der Waals surface area contributed by atoms with Gasteiger partial charge >= 0.3 is 0 Å². The van der Waals surface area contributed by atoms with Gasteiger partial charge in [0, 0.05) is 10.5 Å². The Morgan fingerprint density at radius 2 is 2.00 bits per heavy atom.